The van der Waals surface area contributed by atoms with Crippen LogP contribution in [0.2, 0.25) is 0 Å². The number of aliphatic hydroxyl groups is 2. The molecular weight excluding hydrogens is 230 g/mol. The number of nitrogens with zero attached hydrogens (tertiary/aromatic N) is 1. The summed E-state index contributed by atoms with van der Waals surface area (Å²) in [6.07, 6.45) is -3.26. The minimum absolute atomic E-state index is 0.341. The first-order valence-corrected chi connectivity index (χ1v) is 5.39. The van der Waals surface area contributed by atoms with Crippen LogP contribution in [0.1, 0.15) is 11.7 Å². The molecule has 84 valence electrons. The van der Waals surface area contributed by atoms with Gasteiger partial charge in [0.25, 0.3) is 0 Å². The fraction of sp³-hybridized carbons (Fsp3) is 0.200. The number of aromatic nitrogens is 1. The molecule has 0 bridgehead atoms. The predicted molar refractivity (Wildman–Crippen MR) is 58.2 cm³/mol. The number of benzene rings is 1. The van der Waals surface area contributed by atoms with E-state index < -0.39 is 18.2 Å². The summed E-state index contributed by atoms with van der Waals surface area (Å²) in [6, 6.07) is 4.89. The second-order valence-corrected chi connectivity index (χ2v) is 4.19. The lowest BCUT2D eigenvalue weighted by Crippen LogP contribution is -2.27. The summed E-state index contributed by atoms with van der Waals surface area (Å²) in [5.74, 6) is -1.45. The Labute approximate surface area is 94.6 Å². The summed E-state index contributed by atoms with van der Waals surface area (Å²) in [6.45, 7) is 0. The Morgan fingerprint density at radius 1 is 1.38 bits per heavy atom. The van der Waals surface area contributed by atoms with E-state index in [-0.39, 0.29) is 0 Å². The molecule has 1 heterocycles. The summed E-state index contributed by atoms with van der Waals surface area (Å²) in [7, 11) is 0. The first kappa shape index (κ1) is 11.0. The first-order chi connectivity index (χ1) is 7.59. The van der Waals surface area contributed by atoms with Crippen molar-refractivity contribution in [3.63, 3.8) is 0 Å². The van der Waals surface area contributed by atoms with E-state index >= 15 is 0 Å². The highest BCUT2D eigenvalue weighted by atomic mass is 32.1. The Morgan fingerprint density at radius 2 is 2.12 bits per heavy atom. The van der Waals surface area contributed by atoms with Crippen LogP contribution in [-0.4, -0.2) is 32.4 Å². The fourth-order valence-electron chi connectivity index (χ4n) is 1.38. The predicted octanol–water partition coefficient (Wildman–Crippen LogP) is 0.775. The normalized spacial score (nSPS) is 14.9. The molecule has 0 saturated heterocycles. The smallest absolute Gasteiger partial charge is 0.335 e. The molecule has 0 radical (unpaired) electrons. The average Bonchev–Trinajstić information content (AvgIpc) is 2.73. The number of thiazole rings is 1. The van der Waals surface area contributed by atoms with Crippen molar-refractivity contribution in [2.24, 2.45) is 0 Å². The van der Waals surface area contributed by atoms with E-state index in [9.17, 15) is 15.0 Å². The third-order valence-corrected chi connectivity index (χ3v) is 3.06. The van der Waals surface area contributed by atoms with Gasteiger partial charge in [0.1, 0.15) is 6.10 Å². The Morgan fingerprint density at radius 3 is 2.81 bits per heavy atom. The number of aliphatic hydroxyl groups excluding tert-OH is 2. The first-order valence-electron chi connectivity index (χ1n) is 4.51. The molecule has 0 aliphatic rings. The van der Waals surface area contributed by atoms with Gasteiger partial charge >= 0.3 is 5.97 Å². The van der Waals surface area contributed by atoms with Gasteiger partial charge in [0.05, 0.1) is 15.7 Å². The van der Waals surface area contributed by atoms with E-state index in [0.29, 0.717) is 11.1 Å². The average molecular weight is 239 g/mol. The Balaban J connectivity index is 2.35. The molecule has 2 unspecified atom stereocenters. The largest absolute Gasteiger partial charge is 0.479 e. The molecule has 16 heavy (non-hydrogen) atoms. The fourth-order valence-corrected chi connectivity index (χ4v) is 2.03. The Kier molecular flexibility index (Phi) is 2.86. The van der Waals surface area contributed by atoms with Crippen molar-refractivity contribution in [1.82, 2.24) is 4.98 Å². The molecule has 2 atom stereocenters. The summed E-state index contributed by atoms with van der Waals surface area (Å²) >= 11 is 1.45. The molecular formula is C10H9NO4S. The second kappa shape index (κ2) is 4.17. The second-order valence-electron chi connectivity index (χ2n) is 3.31. The molecule has 0 amide bonds. The third kappa shape index (κ3) is 1.90. The summed E-state index contributed by atoms with van der Waals surface area (Å²) in [5, 5.41) is 27.4. The van der Waals surface area contributed by atoms with Gasteiger partial charge in [-0.2, -0.15) is 0 Å². The van der Waals surface area contributed by atoms with E-state index in [1.54, 1.807) is 23.7 Å². The van der Waals surface area contributed by atoms with Crippen molar-refractivity contribution < 1.29 is 20.1 Å². The molecule has 0 aliphatic carbocycles. The van der Waals surface area contributed by atoms with E-state index in [0.717, 1.165) is 4.70 Å². The van der Waals surface area contributed by atoms with Crippen molar-refractivity contribution in [2.45, 2.75) is 12.2 Å². The van der Waals surface area contributed by atoms with Crippen molar-refractivity contribution in [3.05, 3.63) is 29.3 Å². The van der Waals surface area contributed by atoms with Gasteiger partial charge in [0.2, 0.25) is 0 Å². The highest BCUT2D eigenvalue weighted by molar-refractivity contribution is 7.16. The molecule has 0 fully saturated rings. The van der Waals surface area contributed by atoms with Gasteiger partial charge < -0.3 is 15.3 Å². The quantitative estimate of drug-likeness (QED) is 0.736. The van der Waals surface area contributed by atoms with Crippen LogP contribution in [-0.2, 0) is 4.79 Å². The number of carboxylic acids is 1. The van der Waals surface area contributed by atoms with E-state index in [1.165, 1.54) is 11.3 Å². The number of hydrogen-bond acceptors (Lipinski definition) is 5. The van der Waals surface area contributed by atoms with Gasteiger partial charge in [-0.05, 0) is 17.7 Å². The molecule has 0 spiro atoms. The standard InChI is InChI=1S/C10H9NO4S/c12-8(9(13)10(14)15)5-1-2-7-6(3-5)11-4-16-7/h1-4,8-9,12-13H,(H,14,15). The zero-order valence-electron chi connectivity index (χ0n) is 8.07. The maximum atomic E-state index is 10.5. The molecule has 2 rings (SSSR count). The van der Waals surface area contributed by atoms with Gasteiger partial charge in [-0.3, -0.25) is 0 Å². The number of carbonyl (C=O) groups is 1. The summed E-state index contributed by atoms with van der Waals surface area (Å²) < 4.78 is 0.945. The van der Waals surface area contributed by atoms with Crippen molar-refractivity contribution in [3.8, 4) is 0 Å². The van der Waals surface area contributed by atoms with Crippen molar-refractivity contribution in [2.75, 3.05) is 0 Å². The van der Waals surface area contributed by atoms with Crippen LogP contribution < -0.4 is 0 Å². The van der Waals surface area contributed by atoms with E-state index in [4.69, 9.17) is 5.11 Å². The number of carboxylic acid groups (broad SMARTS) is 1. The molecule has 0 saturated carbocycles. The van der Waals surface area contributed by atoms with Crippen LogP contribution in [0.4, 0.5) is 0 Å². The Hall–Kier alpha value is -1.50. The third-order valence-electron chi connectivity index (χ3n) is 2.25. The number of fused-ring (bicyclic) bond motifs is 1. The summed E-state index contributed by atoms with van der Waals surface area (Å²) in [5.41, 5.74) is 2.68. The summed E-state index contributed by atoms with van der Waals surface area (Å²) in [4.78, 5) is 14.5. The van der Waals surface area contributed by atoms with Gasteiger partial charge in [-0.15, -0.1) is 11.3 Å². The molecule has 2 aromatic rings. The lowest BCUT2D eigenvalue weighted by molar-refractivity contribution is -0.153. The number of aliphatic carboxylic acids is 1. The van der Waals surface area contributed by atoms with Gasteiger partial charge in [0.15, 0.2) is 6.10 Å². The maximum Gasteiger partial charge on any atom is 0.335 e. The van der Waals surface area contributed by atoms with Crippen LogP contribution in [0.25, 0.3) is 10.2 Å². The number of rotatable bonds is 3. The van der Waals surface area contributed by atoms with Gasteiger partial charge in [0, 0.05) is 0 Å². The maximum absolute atomic E-state index is 10.5. The SMILES string of the molecule is O=C(O)C(O)C(O)c1ccc2scnc2c1. The monoisotopic (exact) mass is 239 g/mol. The highest BCUT2D eigenvalue weighted by Crippen LogP contribution is 2.24. The van der Waals surface area contributed by atoms with E-state index in [2.05, 4.69) is 4.98 Å². The van der Waals surface area contributed by atoms with Gasteiger partial charge in [-0.1, -0.05) is 6.07 Å². The minimum atomic E-state index is -1.82. The van der Waals surface area contributed by atoms with Gasteiger partial charge in [-0.25, -0.2) is 9.78 Å². The lowest BCUT2D eigenvalue weighted by atomic mass is 10.0. The minimum Gasteiger partial charge on any atom is -0.479 e. The molecule has 1 aromatic carbocycles. The van der Waals surface area contributed by atoms with Crippen LogP contribution in [0.3, 0.4) is 0 Å². The Bertz CT molecular complexity index is 524. The molecule has 0 aliphatic heterocycles. The van der Waals surface area contributed by atoms with Crippen LogP contribution in [0.15, 0.2) is 23.7 Å². The zero-order chi connectivity index (χ0) is 11.7. The van der Waals surface area contributed by atoms with Crippen molar-refractivity contribution in [1.29, 1.82) is 0 Å². The van der Waals surface area contributed by atoms with Crippen LogP contribution in [0, 0.1) is 0 Å². The lowest BCUT2D eigenvalue weighted by Gasteiger charge is -2.13. The zero-order valence-corrected chi connectivity index (χ0v) is 8.89. The molecule has 5 nitrogen and oxygen atoms in total. The molecule has 6 heteroatoms. The van der Waals surface area contributed by atoms with E-state index in [1.807, 2.05) is 0 Å². The molecule has 3 N–H and O–H groups in total. The highest BCUT2D eigenvalue weighted by Gasteiger charge is 2.25. The number of hydrogen-bond donors (Lipinski definition) is 3. The topological polar surface area (TPSA) is 90.7 Å². The van der Waals surface area contributed by atoms with Crippen LogP contribution >= 0.6 is 11.3 Å². The van der Waals surface area contributed by atoms with Crippen LogP contribution in [0.5, 0.6) is 0 Å². The molecule has 1 aromatic heterocycles. The van der Waals surface area contributed by atoms with Crippen molar-refractivity contribution >= 4 is 27.5 Å².